The largest absolute Gasteiger partial charge is 0.330 e. The third-order valence-corrected chi connectivity index (χ3v) is 1.24. The second-order valence-corrected chi connectivity index (χ2v) is 2.20. The van der Waals surface area contributed by atoms with Crippen molar-refractivity contribution >= 4 is 12.6 Å². The van der Waals surface area contributed by atoms with Crippen molar-refractivity contribution in [2.45, 2.75) is 11.7 Å². The van der Waals surface area contributed by atoms with Crippen LogP contribution in [0.2, 0.25) is 0 Å². The Bertz CT molecular complexity index is 40.7. The molecule has 0 saturated carbocycles. The van der Waals surface area contributed by atoms with Gasteiger partial charge < -0.3 is 11.5 Å². The molecule has 0 bridgehead atoms. The fraction of sp³-hybridized carbons (Fsp3) is 1.00. The van der Waals surface area contributed by atoms with Gasteiger partial charge in [-0.25, -0.2) is 0 Å². The highest BCUT2D eigenvalue weighted by Crippen LogP contribution is 1.94. The Morgan fingerprint density at radius 2 is 2.00 bits per heavy atom. The van der Waals surface area contributed by atoms with Crippen LogP contribution in [0.1, 0.15) is 6.42 Å². The van der Waals surface area contributed by atoms with Crippen LogP contribution in [0.4, 0.5) is 0 Å². The molecule has 4 N–H and O–H groups in total. The van der Waals surface area contributed by atoms with Crippen LogP contribution < -0.4 is 11.5 Å². The lowest BCUT2D eigenvalue weighted by atomic mass is 10.3. The molecule has 0 aliphatic rings. The molecular weight excluding hydrogens is 108 g/mol. The molecule has 0 aromatic rings. The zero-order valence-electron chi connectivity index (χ0n) is 4.30. The van der Waals surface area contributed by atoms with Gasteiger partial charge in [0.15, 0.2) is 0 Å². The van der Waals surface area contributed by atoms with Gasteiger partial charge in [-0.15, -0.1) is 0 Å². The summed E-state index contributed by atoms with van der Waals surface area (Å²) in [4.78, 5) is 0. The van der Waals surface area contributed by atoms with Gasteiger partial charge >= 0.3 is 0 Å². The molecule has 0 spiro atoms. The van der Waals surface area contributed by atoms with Crippen molar-refractivity contribution in [3.8, 4) is 0 Å². The van der Waals surface area contributed by atoms with Gasteiger partial charge in [-0.05, 0) is 13.0 Å². The van der Waals surface area contributed by atoms with Gasteiger partial charge in [0, 0.05) is 11.8 Å². The van der Waals surface area contributed by atoms with Crippen molar-refractivity contribution < 1.29 is 0 Å². The second kappa shape index (κ2) is 4.43. The maximum Gasteiger partial charge on any atom is 0.0152 e. The highest BCUT2D eigenvalue weighted by Gasteiger charge is 1.94. The first-order valence-corrected chi connectivity index (χ1v) is 2.91. The summed E-state index contributed by atoms with van der Waals surface area (Å²) in [5.74, 6) is 0. The minimum absolute atomic E-state index is 0.296. The molecule has 0 aliphatic carbocycles. The van der Waals surface area contributed by atoms with E-state index in [2.05, 4.69) is 12.6 Å². The smallest absolute Gasteiger partial charge is 0.0152 e. The lowest BCUT2D eigenvalue weighted by Crippen LogP contribution is -2.17. The first-order chi connectivity index (χ1) is 3.31. The molecule has 3 heteroatoms. The SMILES string of the molecule is NCCC(S)CN. The van der Waals surface area contributed by atoms with Crippen LogP contribution in [-0.2, 0) is 0 Å². The molecule has 0 fully saturated rings. The molecular formula is C4H12N2S. The molecule has 0 aliphatic heterocycles. The van der Waals surface area contributed by atoms with E-state index in [1.807, 2.05) is 0 Å². The molecule has 2 nitrogen and oxygen atoms in total. The molecule has 0 radical (unpaired) electrons. The Morgan fingerprint density at radius 1 is 1.43 bits per heavy atom. The summed E-state index contributed by atoms with van der Waals surface area (Å²) in [7, 11) is 0. The minimum atomic E-state index is 0.296. The molecule has 0 amide bonds. The van der Waals surface area contributed by atoms with Gasteiger partial charge in [-0.3, -0.25) is 0 Å². The van der Waals surface area contributed by atoms with Crippen molar-refractivity contribution in [1.29, 1.82) is 0 Å². The van der Waals surface area contributed by atoms with E-state index in [1.165, 1.54) is 0 Å². The predicted molar refractivity (Wildman–Crippen MR) is 35.5 cm³/mol. The third kappa shape index (κ3) is 4.12. The number of rotatable bonds is 3. The number of thiol groups is 1. The van der Waals surface area contributed by atoms with Crippen molar-refractivity contribution in [3.05, 3.63) is 0 Å². The average Bonchev–Trinajstić information content (AvgIpc) is 1.68. The molecule has 0 rings (SSSR count). The van der Waals surface area contributed by atoms with Crippen molar-refractivity contribution in [3.63, 3.8) is 0 Å². The average molecular weight is 120 g/mol. The van der Waals surface area contributed by atoms with Gasteiger partial charge in [0.25, 0.3) is 0 Å². The molecule has 0 aromatic carbocycles. The summed E-state index contributed by atoms with van der Waals surface area (Å²) in [6.45, 7) is 1.31. The molecule has 0 saturated heterocycles. The monoisotopic (exact) mass is 120 g/mol. The lowest BCUT2D eigenvalue weighted by molar-refractivity contribution is 0.777. The fourth-order valence-corrected chi connectivity index (χ4v) is 0.459. The van der Waals surface area contributed by atoms with Crippen LogP contribution in [0, 0.1) is 0 Å². The van der Waals surface area contributed by atoms with Crippen molar-refractivity contribution in [2.75, 3.05) is 13.1 Å². The van der Waals surface area contributed by atoms with Crippen LogP contribution in [-0.4, -0.2) is 18.3 Å². The zero-order chi connectivity index (χ0) is 5.70. The quantitative estimate of drug-likeness (QED) is 0.444. The lowest BCUT2D eigenvalue weighted by Gasteiger charge is -2.01. The Hall–Kier alpha value is 0.270. The van der Waals surface area contributed by atoms with Gasteiger partial charge in [-0.1, -0.05) is 0 Å². The van der Waals surface area contributed by atoms with Gasteiger partial charge in [0.2, 0.25) is 0 Å². The summed E-state index contributed by atoms with van der Waals surface area (Å²) in [6, 6.07) is 0. The maximum absolute atomic E-state index is 5.23. The van der Waals surface area contributed by atoms with Gasteiger partial charge in [0.05, 0.1) is 0 Å². The third-order valence-electron chi connectivity index (χ3n) is 0.772. The number of nitrogens with two attached hydrogens (primary N) is 2. The van der Waals surface area contributed by atoms with E-state index in [9.17, 15) is 0 Å². The molecule has 44 valence electrons. The zero-order valence-corrected chi connectivity index (χ0v) is 5.20. The highest BCUT2D eigenvalue weighted by atomic mass is 32.1. The van der Waals surface area contributed by atoms with Crippen molar-refractivity contribution in [2.24, 2.45) is 11.5 Å². The first kappa shape index (κ1) is 7.27. The molecule has 1 atom stereocenters. The van der Waals surface area contributed by atoms with Crippen LogP contribution >= 0.6 is 12.6 Å². The normalized spacial score (nSPS) is 14.1. The summed E-state index contributed by atoms with van der Waals surface area (Å²) in [6.07, 6.45) is 0.916. The summed E-state index contributed by atoms with van der Waals surface area (Å²) in [5.41, 5.74) is 10.4. The van der Waals surface area contributed by atoms with Gasteiger partial charge in [0.1, 0.15) is 0 Å². The Morgan fingerprint density at radius 3 is 2.14 bits per heavy atom. The molecule has 0 heterocycles. The minimum Gasteiger partial charge on any atom is -0.330 e. The standard InChI is InChI=1S/C4H12N2S/c5-2-1-4(7)3-6/h4,7H,1-3,5-6H2. The van der Waals surface area contributed by atoms with E-state index >= 15 is 0 Å². The summed E-state index contributed by atoms with van der Waals surface area (Å²) >= 11 is 4.11. The van der Waals surface area contributed by atoms with Gasteiger partial charge in [-0.2, -0.15) is 12.6 Å². The van der Waals surface area contributed by atoms with E-state index in [-0.39, 0.29) is 0 Å². The summed E-state index contributed by atoms with van der Waals surface area (Å²) < 4.78 is 0. The fourth-order valence-electron chi connectivity index (χ4n) is 0.310. The van der Waals surface area contributed by atoms with Crippen LogP contribution in [0.3, 0.4) is 0 Å². The topological polar surface area (TPSA) is 52.0 Å². The van der Waals surface area contributed by atoms with E-state index in [4.69, 9.17) is 11.5 Å². The maximum atomic E-state index is 5.23. The Kier molecular flexibility index (Phi) is 4.60. The molecule has 7 heavy (non-hydrogen) atoms. The number of hydrogen-bond donors (Lipinski definition) is 3. The number of hydrogen-bond acceptors (Lipinski definition) is 3. The second-order valence-electron chi connectivity index (χ2n) is 1.47. The predicted octanol–water partition coefficient (Wildman–Crippen LogP) is -0.408. The van der Waals surface area contributed by atoms with Crippen molar-refractivity contribution in [1.82, 2.24) is 0 Å². The molecule has 1 unspecified atom stereocenters. The van der Waals surface area contributed by atoms with E-state index in [1.54, 1.807) is 0 Å². The first-order valence-electron chi connectivity index (χ1n) is 2.39. The van der Waals surface area contributed by atoms with Crippen LogP contribution in [0.5, 0.6) is 0 Å². The Balaban J connectivity index is 2.83. The highest BCUT2D eigenvalue weighted by molar-refractivity contribution is 7.81. The molecule has 0 aromatic heterocycles. The van der Waals surface area contributed by atoms with E-state index < -0.39 is 0 Å². The Labute approximate surface area is 49.7 Å². The van der Waals surface area contributed by atoms with Crippen LogP contribution in [0.25, 0.3) is 0 Å². The summed E-state index contributed by atoms with van der Waals surface area (Å²) in [5, 5.41) is 0.296. The van der Waals surface area contributed by atoms with Crippen LogP contribution in [0.15, 0.2) is 0 Å². The van der Waals surface area contributed by atoms with E-state index in [0.29, 0.717) is 18.3 Å². The van der Waals surface area contributed by atoms with E-state index in [0.717, 1.165) is 6.42 Å².